The molecule has 3 atom stereocenters. The lowest BCUT2D eigenvalue weighted by Gasteiger charge is -2.36. The van der Waals surface area contributed by atoms with Crippen LogP contribution in [0.2, 0.25) is 0 Å². The molecule has 1 aliphatic rings. The molecule has 0 heterocycles. The van der Waals surface area contributed by atoms with Crippen molar-refractivity contribution in [2.45, 2.75) is 65.6 Å². The van der Waals surface area contributed by atoms with Gasteiger partial charge in [0.1, 0.15) is 11.5 Å². The molecule has 2 aromatic rings. The molecular weight excluding hydrogens is 401 g/mol. The molecule has 3 rings (SSSR count). The zero-order valence-corrected chi connectivity index (χ0v) is 21.8. The first kappa shape index (κ1) is 24.1. The molecule has 4 heteroatoms. The van der Waals surface area contributed by atoms with Crippen LogP contribution in [-0.4, -0.2) is 44.9 Å². The SMILES string of the molecule is COc1c(C)cc(P(c2cc(C)c(OC)c(C)c2)C2CCCC2[C@H](C)N(C)C)cc1C. The first-order valence-corrected chi connectivity index (χ1v) is 12.9. The second kappa shape index (κ2) is 9.92. The zero-order valence-electron chi connectivity index (χ0n) is 20.9. The summed E-state index contributed by atoms with van der Waals surface area (Å²) in [6.07, 6.45) is 3.96. The van der Waals surface area contributed by atoms with Crippen LogP contribution < -0.4 is 20.1 Å². The quantitative estimate of drug-likeness (QED) is 0.531. The predicted octanol–water partition coefficient (Wildman–Crippen LogP) is 5.49. The van der Waals surface area contributed by atoms with E-state index >= 15 is 0 Å². The number of aryl methyl sites for hydroxylation is 4. The molecule has 0 spiro atoms. The van der Waals surface area contributed by atoms with Gasteiger partial charge in [0.15, 0.2) is 0 Å². The molecule has 2 aromatic carbocycles. The summed E-state index contributed by atoms with van der Waals surface area (Å²) in [6.45, 7) is 11.1. The van der Waals surface area contributed by atoms with Crippen molar-refractivity contribution in [1.29, 1.82) is 0 Å². The number of nitrogens with zero attached hydrogens (tertiary/aromatic N) is 1. The molecule has 0 radical (unpaired) electrons. The highest BCUT2D eigenvalue weighted by Gasteiger charge is 2.39. The molecule has 31 heavy (non-hydrogen) atoms. The Morgan fingerprint density at radius 1 is 0.806 bits per heavy atom. The Hall–Kier alpha value is -1.57. The molecule has 0 saturated heterocycles. The fourth-order valence-corrected chi connectivity index (χ4v) is 9.16. The molecule has 0 aromatic heterocycles. The minimum atomic E-state index is -0.486. The zero-order chi connectivity index (χ0) is 22.9. The Morgan fingerprint density at radius 3 is 1.58 bits per heavy atom. The van der Waals surface area contributed by atoms with Crippen molar-refractivity contribution in [3.8, 4) is 11.5 Å². The Bertz CT molecular complexity index is 818. The van der Waals surface area contributed by atoms with Gasteiger partial charge in [-0.3, -0.25) is 0 Å². The molecule has 1 fully saturated rings. The standard InChI is InChI=1S/C27H40NO2P/c1-17-13-22(14-18(2)26(17)29-8)31(23-15-19(3)27(30-9)20(4)16-23)25-12-10-11-24(25)21(5)28(6)7/h13-16,21,24-25H,10-12H2,1-9H3/t21-,24?,25?/m0/s1. The minimum Gasteiger partial charge on any atom is -0.496 e. The van der Waals surface area contributed by atoms with Gasteiger partial charge in [-0.1, -0.05) is 6.42 Å². The molecule has 1 saturated carbocycles. The van der Waals surface area contributed by atoms with Gasteiger partial charge in [0.2, 0.25) is 0 Å². The van der Waals surface area contributed by atoms with Crippen molar-refractivity contribution >= 4 is 18.5 Å². The molecule has 3 nitrogen and oxygen atoms in total. The summed E-state index contributed by atoms with van der Waals surface area (Å²) in [5.74, 6) is 2.75. The average Bonchev–Trinajstić information content (AvgIpc) is 3.16. The first-order valence-electron chi connectivity index (χ1n) is 11.5. The van der Waals surface area contributed by atoms with Gasteiger partial charge in [0, 0.05) is 6.04 Å². The minimum absolute atomic E-state index is 0.486. The highest BCUT2D eigenvalue weighted by atomic mass is 31.1. The van der Waals surface area contributed by atoms with Gasteiger partial charge in [-0.05, 0) is 138 Å². The highest BCUT2D eigenvalue weighted by molar-refractivity contribution is 7.73. The summed E-state index contributed by atoms with van der Waals surface area (Å²) in [5.41, 5.74) is 5.64. The molecule has 0 N–H and O–H groups in total. The second-order valence-corrected chi connectivity index (χ2v) is 11.9. The molecular formula is C27H40NO2P. The third-order valence-electron chi connectivity index (χ3n) is 7.15. The topological polar surface area (TPSA) is 21.7 Å². The van der Waals surface area contributed by atoms with Crippen LogP contribution in [0.5, 0.6) is 11.5 Å². The van der Waals surface area contributed by atoms with Crippen molar-refractivity contribution in [2.75, 3.05) is 28.3 Å². The maximum atomic E-state index is 5.69. The lowest BCUT2D eigenvalue weighted by Crippen LogP contribution is -2.38. The van der Waals surface area contributed by atoms with Crippen LogP contribution in [0.1, 0.15) is 48.4 Å². The number of methoxy groups -OCH3 is 2. The van der Waals surface area contributed by atoms with Gasteiger partial charge >= 0.3 is 0 Å². The van der Waals surface area contributed by atoms with Gasteiger partial charge < -0.3 is 14.4 Å². The summed E-state index contributed by atoms with van der Waals surface area (Å²) < 4.78 is 11.4. The smallest absolute Gasteiger partial charge is 0.124 e. The molecule has 0 aliphatic heterocycles. The van der Waals surface area contributed by atoms with Gasteiger partial charge in [-0.15, -0.1) is 0 Å². The van der Waals surface area contributed by atoms with Crippen molar-refractivity contribution in [3.63, 3.8) is 0 Å². The van der Waals surface area contributed by atoms with Crippen LogP contribution >= 0.6 is 7.92 Å². The van der Waals surface area contributed by atoms with Gasteiger partial charge in [-0.2, -0.15) is 0 Å². The number of benzene rings is 2. The van der Waals surface area contributed by atoms with E-state index < -0.39 is 7.92 Å². The van der Waals surface area contributed by atoms with E-state index in [0.29, 0.717) is 17.6 Å². The number of hydrogen-bond donors (Lipinski definition) is 0. The number of ether oxygens (including phenoxy) is 2. The second-order valence-electron chi connectivity index (χ2n) is 9.46. The molecule has 2 unspecified atom stereocenters. The number of rotatable bonds is 7. The normalized spacial score (nSPS) is 19.8. The van der Waals surface area contributed by atoms with Crippen LogP contribution in [0.4, 0.5) is 0 Å². The largest absolute Gasteiger partial charge is 0.496 e. The van der Waals surface area contributed by atoms with E-state index in [0.717, 1.165) is 11.5 Å². The lowest BCUT2D eigenvalue weighted by molar-refractivity contribution is 0.232. The van der Waals surface area contributed by atoms with Gasteiger partial charge in [0.05, 0.1) is 14.2 Å². The van der Waals surface area contributed by atoms with E-state index in [2.05, 4.69) is 77.9 Å². The van der Waals surface area contributed by atoms with Crippen molar-refractivity contribution in [1.82, 2.24) is 4.90 Å². The van der Waals surface area contributed by atoms with E-state index in [1.165, 1.54) is 52.1 Å². The Kier molecular flexibility index (Phi) is 7.71. The third kappa shape index (κ3) is 4.78. The van der Waals surface area contributed by atoms with E-state index in [1.54, 1.807) is 14.2 Å². The molecule has 0 bridgehead atoms. The molecule has 170 valence electrons. The fraction of sp³-hybridized carbons (Fsp3) is 0.556. The van der Waals surface area contributed by atoms with Crippen LogP contribution in [-0.2, 0) is 0 Å². The Balaban J connectivity index is 2.18. The Morgan fingerprint density at radius 2 is 1.23 bits per heavy atom. The van der Waals surface area contributed by atoms with Crippen LogP contribution in [0.15, 0.2) is 24.3 Å². The predicted molar refractivity (Wildman–Crippen MR) is 135 cm³/mol. The summed E-state index contributed by atoms with van der Waals surface area (Å²) in [7, 11) is 7.52. The van der Waals surface area contributed by atoms with Crippen molar-refractivity contribution in [3.05, 3.63) is 46.5 Å². The maximum Gasteiger partial charge on any atom is 0.124 e. The summed E-state index contributed by atoms with van der Waals surface area (Å²) in [5, 5.41) is 2.97. The molecule has 1 aliphatic carbocycles. The number of hydrogen-bond acceptors (Lipinski definition) is 3. The van der Waals surface area contributed by atoms with Crippen LogP contribution in [0, 0.1) is 33.6 Å². The fourth-order valence-electron chi connectivity index (χ4n) is 5.54. The maximum absolute atomic E-state index is 5.69. The van der Waals surface area contributed by atoms with Crippen molar-refractivity contribution < 1.29 is 9.47 Å². The monoisotopic (exact) mass is 441 g/mol. The first-order chi connectivity index (χ1) is 14.7. The lowest BCUT2D eigenvalue weighted by atomic mass is 9.98. The van der Waals surface area contributed by atoms with E-state index in [4.69, 9.17) is 9.47 Å². The summed E-state index contributed by atoms with van der Waals surface area (Å²) in [6, 6.07) is 10.1. The van der Waals surface area contributed by atoms with Crippen molar-refractivity contribution in [2.24, 2.45) is 5.92 Å². The molecule has 0 amide bonds. The summed E-state index contributed by atoms with van der Waals surface area (Å²) >= 11 is 0. The average molecular weight is 442 g/mol. The summed E-state index contributed by atoms with van der Waals surface area (Å²) in [4.78, 5) is 2.41. The van der Waals surface area contributed by atoms with E-state index in [1.807, 2.05) is 0 Å². The van der Waals surface area contributed by atoms with Gasteiger partial charge in [0.25, 0.3) is 0 Å². The third-order valence-corrected chi connectivity index (χ3v) is 10.1. The highest BCUT2D eigenvalue weighted by Crippen LogP contribution is 2.52. The van der Waals surface area contributed by atoms with E-state index in [-0.39, 0.29) is 0 Å². The Labute approximate surface area is 190 Å². The van der Waals surface area contributed by atoms with Gasteiger partial charge in [-0.25, -0.2) is 0 Å². The van der Waals surface area contributed by atoms with Crippen LogP contribution in [0.25, 0.3) is 0 Å². The van der Waals surface area contributed by atoms with Crippen LogP contribution in [0.3, 0.4) is 0 Å². The van der Waals surface area contributed by atoms with E-state index in [9.17, 15) is 0 Å².